The first-order chi connectivity index (χ1) is 23.8. The van der Waals surface area contributed by atoms with Crippen molar-refractivity contribution in [1.29, 1.82) is 0 Å². The molecule has 0 saturated carbocycles. The lowest BCUT2D eigenvalue weighted by Crippen LogP contribution is -1.99. The highest BCUT2D eigenvalue weighted by Crippen LogP contribution is 2.42. The highest BCUT2D eigenvalue weighted by Gasteiger charge is 2.21. The van der Waals surface area contributed by atoms with Gasteiger partial charge in [0.2, 0.25) is 0 Å². The second-order valence-corrected chi connectivity index (χ2v) is 14.1. The average Bonchev–Trinajstić information content (AvgIpc) is 3.10. The zero-order chi connectivity index (χ0) is 35.8. The second kappa shape index (κ2) is 13.4. The number of fused-ring (bicyclic) bond motifs is 2. The smallest absolute Gasteiger partial charge is 0.295 e. The van der Waals surface area contributed by atoms with Crippen LogP contribution in [0.25, 0.3) is 32.7 Å². The average molecular weight is 711 g/mol. The van der Waals surface area contributed by atoms with E-state index in [-0.39, 0.29) is 44.4 Å². The molecule has 0 atom stereocenters. The van der Waals surface area contributed by atoms with E-state index in [1.807, 2.05) is 38.1 Å². The summed E-state index contributed by atoms with van der Waals surface area (Å²) in [5.41, 5.74) is 4.39. The van der Waals surface area contributed by atoms with Gasteiger partial charge in [0, 0.05) is 21.5 Å². The van der Waals surface area contributed by atoms with Gasteiger partial charge in [-0.3, -0.25) is 9.11 Å². The molecule has 6 rings (SSSR count). The lowest BCUT2D eigenvalue weighted by molar-refractivity contribution is 0.477. The Kier molecular flexibility index (Phi) is 9.20. The molecule has 0 amide bonds. The largest absolute Gasteiger partial charge is 0.505 e. The summed E-state index contributed by atoms with van der Waals surface area (Å²) in [6, 6.07) is 25.5. The van der Waals surface area contributed by atoms with Crippen LogP contribution in [0.1, 0.15) is 25.0 Å². The van der Waals surface area contributed by atoms with Gasteiger partial charge in [-0.05, 0) is 71.5 Å². The fourth-order valence-electron chi connectivity index (χ4n) is 5.82. The number of nitrogens with zero attached hydrogens (tertiary/aromatic N) is 4. The Morgan fingerprint density at radius 3 is 1.20 bits per heavy atom. The molecule has 6 aromatic carbocycles. The fraction of sp³-hybridized carbons (Fsp3) is 0.111. The molecule has 0 saturated heterocycles. The Morgan fingerprint density at radius 1 is 0.500 bits per heavy atom. The van der Waals surface area contributed by atoms with E-state index in [4.69, 9.17) is 0 Å². The first-order valence-electron chi connectivity index (χ1n) is 15.3. The summed E-state index contributed by atoms with van der Waals surface area (Å²) in [6.07, 6.45) is 1.27. The molecule has 254 valence electrons. The molecular formula is C36H30N4O8S2. The van der Waals surface area contributed by atoms with Gasteiger partial charge in [-0.25, -0.2) is 0 Å². The lowest BCUT2D eigenvalue weighted by atomic mass is 9.92. The van der Waals surface area contributed by atoms with E-state index in [2.05, 4.69) is 20.5 Å². The molecule has 6 aromatic rings. The van der Waals surface area contributed by atoms with Crippen LogP contribution in [0, 0.1) is 0 Å². The summed E-state index contributed by atoms with van der Waals surface area (Å²) < 4.78 is 67.9. The molecule has 4 N–H and O–H groups in total. The summed E-state index contributed by atoms with van der Waals surface area (Å²) in [7, 11) is -9.22. The third-order valence-corrected chi connectivity index (χ3v) is 10.0. The number of aryl methyl sites for hydroxylation is 2. The molecule has 0 bridgehead atoms. The Balaban J connectivity index is 1.33. The van der Waals surface area contributed by atoms with E-state index in [0.717, 1.165) is 34.4 Å². The summed E-state index contributed by atoms with van der Waals surface area (Å²) in [5, 5.41) is 39.1. The van der Waals surface area contributed by atoms with E-state index in [1.165, 1.54) is 24.3 Å². The van der Waals surface area contributed by atoms with E-state index < -0.39 is 30.0 Å². The monoisotopic (exact) mass is 710 g/mol. The van der Waals surface area contributed by atoms with Crippen molar-refractivity contribution in [2.24, 2.45) is 20.5 Å². The number of aromatic hydroxyl groups is 2. The topological polar surface area (TPSA) is 199 Å². The SMILES string of the molecule is CCc1cc(/N=N/c2cc(S(=O)(=O)O)c3ccccc3c2O)ccc1-c1ccc(/N=N/c2cc(S(=O)(=O)O)c3ccccc3c2O)cc1CC. The van der Waals surface area contributed by atoms with Gasteiger partial charge < -0.3 is 10.2 Å². The lowest BCUT2D eigenvalue weighted by Gasteiger charge is -2.14. The minimum Gasteiger partial charge on any atom is -0.505 e. The quantitative estimate of drug-likeness (QED) is 0.0839. The van der Waals surface area contributed by atoms with Crippen LogP contribution in [0.2, 0.25) is 0 Å². The summed E-state index contributed by atoms with van der Waals surface area (Å²) in [6.45, 7) is 3.97. The number of phenols is 2. The van der Waals surface area contributed by atoms with E-state index in [0.29, 0.717) is 24.2 Å². The number of hydrogen-bond acceptors (Lipinski definition) is 10. The number of rotatable bonds is 9. The maximum Gasteiger partial charge on any atom is 0.295 e. The molecule has 0 fully saturated rings. The molecule has 0 heterocycles. The highest BCUT2D eigenvalue weighted by molar-refractivity contribution is 7.86. The van der Waals surface area contributed by atoms with Crippen molar-refractivity contribution in [2.45, 2.75) is 36.5 Å². The molecule has 0 aliphatic rings. The van der Waals surface area contributed by atoms with E-state index in [9.17, 15) is 36.2 Å². The maximum absolute atomic E-state index is 12.1. The van der Waals surface area contributed by atoms with Crippen molar-refractivity contribution >= 4 is 64.5 Å². The Labute approximate surface area is 287 Å². The van der Waals surface area contributed by atoms with E-state index >= 15 is 0 Å². The van der Waals surface area contributed by atoms with Crippen molar-refractivity contribution < 1.29 is 36.2 Å². The van der Waals surface area contributed by atoms with Crippen LogP contribution in [0.4, 0.5) is 22.7 Å². The molecular weight excluding hydrogens is 681 g/mol. The summed E-state index contributed by atoms with van der Waals surface area (Å²) in [4.78, 5) is -0.784. The van der Waals surface area contributed by atoms with Crippen LogP contribution >= 0.6 is 0 Å². The molecule has 12 nitrogen and oxygen atoms in total. The first kappa shape index (κ1) is 34.3. The van der Waals surface area contributed by atoms with Crippen LogP contribution in [0.3, 0.4) is 0 Å². The molecule has 0 radical (unpaired) electrons. The molecule has 0 aliphatic heterocycles. The van der Waals surface area contributed by atoms with Crippen molar-refractivity contribution in [3.05, 3.63) is 108 Å². The van der Waals surface area contributed by atoms with Crippen molar-refractivity contribution in [1.82, 2.24) is 0 Å². The standard InChI is InChI=1S/C36H30N4O8S2/c1-3-21-17-23(37-39-31-19-33(49(43,44)45)27-9-5-7-11-29(27)35(31)41)13-15-25(21)26-16-14-24(18-22(26)4-2)38-40-32-20-34(50(46,47)48)28-10-6-8-12-30(28)36(32)42/h5-20,41-42H,3-4H2,1-2H3,(H,43,44,45)(H,46,47,48)/b39-37+,40-38+. The van der Waals surface area contributed by atoms with Crippen LogP contribution in [-0.2, 0) is 33.1 Å². The number of phenolic OH excluding ortho intramolecular Hbond substituents is 2. The molecule has 0 aliphatic carbocycles. The highest BCUT2D eigenvalue weighted by atomic mass is 32.2. The number of azo groups is 2. The molecule has 50 heavy (non-hydrogen) atoms. The molecule has 0 spiro atoms. The number of benzene rings is 6. The van der Waals surface area contributed by atoms with Gasteiger partial charge in [0.15, 0.2) is 11.5 Å². The first-order valence-corrected chi connectivity index (χ1v) is 18.2. The van der Waals surface area contributed by atoms with Crippen LogP contribution in [0.5, 0.6) is 11.5 Å². The van der Waals surface area contributed by atoms with Gasteiger partial charge >= 0.3 is 0 Å². The summed E-state index contributed by atoms with van der Waals surface area (Å²) >= 11 is 0. The third kappa shape index (κ3) is 6.69. The molecule has 0 unspecified atom stereocenters. The van der Waals surface area contributed by atoms with Gasteiger partial charge in [-0.15, -0.1) is 10.2 Å². The molecule has 14 heteroatoms. The Bertz CT molecular complexity index is 2420. The van der Waals surface area contributed by atoms with Gasteiger partial charge in [-0.1, -0.05) is 74.5 Å². The van der Waals surface area contributed by atoms with Gasteiger partial charge in [-0.2, -0.15) is 27.1 Å². The second-order valence-electron chi connectivity index (χ2n) is 11.3. The fourth-order valence-corrected chi connectivity index (χ4v) is 7.26. The summed E-state index contributed by atoms with van der Waals surface area (Å²) in [5.74, 6) is -0.549. The van der Waals surface area contributed by atoms with Crippen molar-refractivity contribution in [3.63, 3.8) is 0 Å². The van der Waals surface area contributed by atoms with Crippen LogP contribution in [-0.4, -0.2) is 36.2 Å². The zero-order valence-corrected chi connectivity index (χ0v) is 28.3. The van der Waals surface area contributed by atoms with Gasteiger partial charge in [0.1, 0.15) is 21.2 Å². The minimum absolute atomic E-state index is 0.123. The third-order valence-electron chi connectivity index (χ3n) is 8.25. The Hall–Kier alpha value is -5.54. The predicted octanol–water partition coefficient (Wildman–Crippen LogP) is 9.52. The van der Waals surface area contributed by atoms with E-state index in [1.54, 1.807) is 36.4 Å². The maximum atomic E-state index is 12.1. The van der Waals surface area contributed by atoms with Gasteiger partial charge in [0.25, 0.3) is 20.2 Å². The zero-order valence-electron chi connectivity index (χ0n) is 26.7. The van der Waals surface area contributed by atoms with Crippen molar-refractivity contribution in [2.75, 3.05) is 0 Å². The molecule has 0 aromatic heterocycles. The van der Waals surface area contributed by atoms with Crippen LogP contribution < -0.4 is 0 Å². The van der Waals surface area contributed by atoms with Gasteiger partial charge in [0.05, 0.1) is 11.4 Å². The minimum atomic E-state index is -4.61. The predicted molar refractivity (Wildman–Crippen MR) is 190 cm³/mol. The number of hydrogen-bond donors (Lipinski definition) is 4. The van der Waals surface area contributed by atoms with Crippen molar-refractivity contribution in [3.8, 4) is 22.6 Å². The normalized spacial score (nSPS) is 12.5. The van der Waals surface area contributed by atoms with Crippen LogP contribution in [0.15, 0.2) is 127 Å². The Morgan fingerprint density at radius 2 is 0.860 bits per heavy atom.